The van der Waals surface area contributed by atoms with Gasteiger partial charge in [-0.2, -0.15) is 0 Å². The fourth-order valence-electron chi connectivity index (χ4n) is 8.00. The van der Waals surface area contributed by atoms with E-state index >= 15 is 0 Å². The first kappa shape index (κ1) is 33.8. The molecule has 7 rings (SSSR count). The summed E-state index contributed by atoms with van der Waals surface area (Å²) in [4.78, 5) is 0. The van der Waals surface area contributed by atoms with Crippen LogP contribution >= 0.6 is 0 Å². The maximum atomic E-state index is 2.87. The molecule has 0 aromatic heterocycles. The normalized spacial score (nSPS) is 14.9. The Bertz CT molecular complexity index is 1990. The van der Waals surface area contributed by atoms with Crippen LogP contribution in [0.3, 0.4) is 0 Å². The molecule has 0 nitrogen and oxygen atoms in total. The predicted molar refractivity (Wildman–Crippen MR) is 209 cm³/mol. The molecule has 49 heavy (non-hydrogen) atoms. The van der Waals surface area contributed by atoms with Gasteiger partial charge in [0, 0.05) is 0 Å². The summed E-state index contributed by atoms with van der Waals surface area (Å²) in [6.07, 6.45) is 8.25. The summed E-state index contributed by atoms with van der Waals surface area (Å²) in [6.45, 7) is 19.1. The van der Waals surface area contributed by atoms with Gasteiger partial charge in [0.05, 0.1) is 0 Å². The first-order valence-electron chi connectivity index (χ1n) is 18.0. The van der Waals surface area contributed by atoms with Crippen LogP contribution in [0.4, 0.5) is 0 Å². The molecule has 0 spiro atoms. The van der Waals surface area contributed by atoms with E-state index in [0.29, 0.717) is 3.63 Å². The molecule has 0 atom stereocenters. The number of hydrogen-bond donors (Lipinski definition) is 0. The molecule has 2 aliphatic carbocycles. The molecule has 5 aromatic rings. The Labute approximate surface area is 302 Å². The van der Waals surface area contributed by atoms with Gasteiger partial charge in [-0.05, 0) is 0 Å². The van der Waals surface area contributed by atoms with Crippen LogP contribution in [0, 0.1) is 0 Å². The molecular weight excluding hydrogens is 668 g/mol. The summed E-state index contributed by atoms with van der Waals surface area (Å²) in [5.74, 6) is 0. The first-order chi connectivity index (χ1) is 23.3. The molecule has 0 amide bonds. The zero-order chi connectivity index (χ0) is 34.6. The Balaban J connectivity index is 1.58. The fraction of sp³-hybridized carbons (Fsp3) is 0.271. The van der Waals surface area contributed by atoms with Crippen molar-refractivity contribution in [1.82, 2.24) is 0 Å². The minimum absolute atomic E-state index is 0.00377. The summed E-state index contributed by atoms with van der Waals surface area (Å²) in [5.41, 5.74) is 15.6. The number of fused-ring (bicyclic) bond motifs is 3. The zero-order valence-electron chi connectivity index (χ0n) is 30.6. The van der Waals surface area contributed by atoms with Crippen molar-refractivity contribution in [2.24, 2.45) is 0 Å². The topological polar surface area (TPSA) is 0 Å². The third-order valence-electron chi connectivity index (χ3n) is 10.6. The van der Waals surface area contributed by atoms with Crippen molar-refractivity contribution >= 4 is 3.71 Å². The average molecular weight is 718 g/mol. The Morgan fingerprint density at radius 3 is 1.41 bits per heavy atom. The van der Waals surface area contributed by atoms with Crippen molar-refractivity contribution < 1.29 is 21.3 Å². The number of allylic oxidation sites excluding steroid dienone is 4. The molecule has 0 N–H and O–H groups in total. The number of hydrogen-bond acceptors (Lipinski definition) is 0. The van der Waals surface area contributed by atoms with E-state index in [2.05, 4.69) is 193 Å². The van der Waals surface area contributed by atoms with Gasteiger partial charge in [-0.25, -0.2) is 0 Å². The second-order valence-electron chi connectivity index (χ2n) is 16.6. The molecule has 0 saturated carbocycles. The summed E-state index contributed by atoms with van der Waals surface area (Å²) in [6, 6.07) is 43.8. The number of benzene rings is 5. The molecule has 2 aliphatic rings. The van der Waals surface area contributed by atoms with E-state index in [-0.39, 0.29) is 16.2 Å². The Hall–Kier alpha value is -3.67. The van der Waals surface area contributed by atoms with E-state index in [4.69, 9.17) is 0 Å². The molecule has 246 valence electrons. The zero-order valence-corrected chi connectivity index (χ0v) is 33.0. The average Bonchev–Trinajstić information content (AvgIpc) is 3.73. The minimum atomic E-state index is -2.61. The van der Waals surface area contributed by atoms with E-state index in [1.807, 2.05) is 0 Å². The molecule has 5 aromatic carbocycles. The summed E-state index contributed by atoms with van der Waals surface area (Å²) in [7, 11) is 0. The standard InChI is InChI=1S/C33H33.C10H12.C5H5.Zr/c1-32(2,3)30-20-26-24(18-28(30)22-13-9-7-10-14-22)17-25-19-29(23-15-11-8-12-16-23)31(21-27(25)26)33(4,5)6;1-10(2,3)9-7-5-4-6-8-9;1-2-4-5-3-1;/h7-21H,1-6H3;1,4-8H,2-3H3;1-3H,4H2;. The van der Waals surface area contributed by atoms with Gasteiger partial charge in [-0.3, -0.25) is 0 Å². The predicted octanol–water partition coefficient (Wildman–Crippen LogP) is 12.9. The molecule has 0 unspecified atom stereocenters. The maximum absolute atomic E-state index is 2.87. The Morgan fingerprint density at radius 2 is 1.00 bits per heavy atom. The van der Waals surface area contributed by atoms with Gasteiger partial charge < -0.3 is 0 Å². The SMILES string of the molecule is CC(C)(C)c1cc2c(cc1-c1ccccc1)[CH]([Zr](=[CH]C(C)(C)c1ccccc1)[C]1=CC=CC1)c1cc(-c3ccccc3)c(C(C)(C)C)cc1-2. The van der Waals surface area contributed by atoms with Crippen LogP contribution in [0.25, 0.3) is 33.4 Å². The van der Waals surface area contributed by atoms with Crippen LogP contribution in [0.5, 0.6) is 0 Å². The summed E-state index contributed by atoms with van der Waals surface area (Å²) < 4.78 is 4.94. The monoisotopic (exact) mass is 716 g/mol. The second-order valence-corrected chi connectivity index (χ2v) is 22.6. The van der Waals surface area contributed by atoms with Crippen molar-refractivity contribution in [3.05, 3.63) is 165 Å². The van der Waals surface area contributed by atoms with Gasteiger partial charge in [-0.15, -0.1) is 0 Å². The van der Waals surface area contributed by atoms with Gasteiger partial charge in [-0.1, -0.05) is 0 Å². The molecular formula is C48H50Zr. The third kappa shape index (κ3) is 6.53. The van der Waals surface area contributed by atoms with E-state index in [9.17, 15) is 0 Å². The van der Waals surface area contributed by atoms with E-state index in [1.165, 1.54) is 61.2 Å². The van der Waals surface area contributed by atoms with Crippen LogP contribution in [-0.4, -0.2) is 3.71 Å². The van der Waals surface area contributed by atoms with Crippen LogP contribution in [0.1, 0.15) is 93.3 Å². The Morgan fingerprint density at radius 1 is 0.551 bits per heavy atom. The third-order valence-corrected chi connectivity index (χ3v) is 18.9. The van der Waals surface area contributed by atoms with Gasteiger partial charge in [0.25, 0.3) is 0 Å². The van der Waals surface area contributed by atoms with Crippen LogP contribution < -0.4 is 0 Å². The molecule has 0 bridgehead atoms. The van der Waals surface area contributed by atoms with Gasteiger partial charge in [0.2, 0.25) is 0 Å². The van der Waals surface area contributed by atoms with Crippen LogP contribution in [-0.2, 0) is 37.5 Å². The first-order valence-corrected chi connectivity index (χ1v) is 22.0. The van der Waals surface area contributed by atoms with Crippen LogP contribution in [0.15, 0.2) is 137 Å². The van der Waals surface area contributed by atoms with E-state index in [1.54, 1.807) is 3.28 Å². The van der Waals surface area contributed by atoms with Crippen molar-refractivity contribution in [2.45, 2.75) is 81.7 Å². The molecule has 0 saturated heterocycles. The molecule has 0 heterocycles. The second kappa shape index (κ2) is 12.9. The van der Waals surface area contributed by atoms with Crippen molar-refractivity contribution in [2.75, 3.05) is 0 Å². The van der Waals surface area contributed by atoms with Gasteiger partial charge in [0.1, 0.15) is 0 Å². The van der Waals surface area contributed by atoms with Crippen molar-refractivity contribution in [3.63, 3.8) is 0 Å². The fourth-order valence-corrected chi connectivity index (χ4v) is 16.5. The quantitative estimate of drug-likeness (QED) is 0.164. The van der Waals surface area contributed by atoms with Crippen LogP contribution in [0.2, 0.25) is 0 Å². The van der Waals surface area contributed by atoms with E-state index < -0.39 is 21.3 Å². The van der Waals surface area contributed by atoms with E-state index in [0.717, 1.165) is 6.42 Å². The summed E-state index contributed by atoms with van der Waals surface area (Å²) >= 11 is -2.61. The molecule has 0 fully saturated rings. The van der Waals surface area contributed by atoms with Crippen molar-refractivity contribution in [1.29, 1.82) is 0 Å². The van der Waals surface area contributed by atoms with Gasteiger partial charge in [0.15, 0.2) is 0 Å². The molecule has 0 radical (unpaired) electrons. The molecule has 1 heteroatoms. The van der Waals surface area contributed by atoms with Crippen molar-refractivity contribution in [3.8, 4) is 33.4 Å². The summed E-state index contributed by atoms with van der Waals surface area (Å²) in [5, 5.41) is 0. The molecule has 0 aliphatic heterocycles. The number of rotatable bonds is 6. The van der Waals surface area contributed by atoms with Gasteiger partial charge >= 0.3 is 305 Å². The Kier molecular flexibility index (Phi) is 8.90.